The quantitative estimate of drug-likeness (QED) is 0.209. The Balaban J connectivity index is 1.55. The number of nitrogens with two attached hydrogens (primary N) is 2. The largest absolute Gasteiger partial charge is 0.457 e. The zero-order valence-corrected chi connectivity index (χ0v) is 25.4. The molecule has 5 rings (SSSR count). The van der Waals surface area contributed by atoms with Crippen molar-refractivity contribution < 1.29 is 48.0 Å². The van der Waals surface area contributed by atoms with Crippen LogP contribution >= 0.6 is 0 Å². The Morgan fingerprint density at radius 1 is 1.11 bits per heavy atom. The van der Waals surface area contributed by atoms with E-state index in [9.17, 15) is 24.3 Å². The van der Waals surface area contributed by atoms with Crippen molar-refractivity contribution in [2.45, 2.75) is 70.2 Å². The molecule has 2 fully saturated rings. The molecular weight excluding hydrogens is 574 g/mol. The lowest BCUT2D eigenvalue weighted by Gasteiger charge is -2.61. The maximum atomic E-state index is 13.3. The molecule has 44 heavy (non-hydrogen) atoms. The highest BCUT2D eigenvalue weighted by atomic mass is 16.6. The average molecular weight is 616 g/mol. The minimum Gasteiger partial charge on any atom is -0.457 e. The van der Waals surface area contributed by atoms with Crippen molar-refractivity contribution in [1.29, 1.82) is 0 Å². The number of ether oxygens (including phenoxy) is 5. The zero-order chi connectivity index (χ0) is 32.1. The Hall–Kier alpha value is -3.84. The number of rotatable bonds is 6. The number of carbonyl (C=O) groups excluding carboxylic acids is 4. The van der Waals surface area contributed by atoms with Crippen LogP contribution in [0.15, 0.2) is 42.1 Å². The summed E-state index contributed by atoms with van der Waals surface area (Å²) in [6.45, 7) is 7.01. The molecular formula is C31H41N3O10. The first kappa shape index (κ1) is 31.6. The van der Waals surface area contributed by atoms with Crippen LogP contribution in [0.4, 0.5) is 9.59 Å². The lowest BCUT2D eigenvalue weighted by Crippen LogP contribution is -2.65. The van der Waals surface area contributed by atoms with Gasteiger partial charge in [-0.25, -0.2) is 19.2 Å². The highest BCUT2D eigenvalue weighted by molar-refractivity contribution is 5.87. The number of aromatic amines is 1. The van der Waals surface area contributed by atoms with Crippen LogP contribution < -0.4 is 11.5 Å². The summed E-state index contributed by atoms with van der Waals surface area (Å²) in [6, 6.07) is 3.31. The summed E-state index contributed by atoms with van der Waals surface area (Å²) in [5.41, 5.74) is 10.1. The monoisotopic (exact) mass is 615 g/mol. The lowest BCUT2D eigenvalue weighted by atomic mass is 9.46. The maximum Gasteiger partial charge on any atom is 0.404 e. The number of carbonyl (C=O) groups is 4. The predicted molar refractivity (Wildman–Crippen MR) is 154 cm³/mol. The van der Waals surface area contributed by atoms with Crippen molar-refractivity contribution in [3.63, 3.8) is 0 Å². The standard InChI is InChI=1S/C31H41N3O10/c1-13-11-14(2)31(39)17(12-20(40-5)28(36)42-24(13)16(4)41-29(32)37)8-9-18-21-22(23(18)31)26(44-30(33)38)15(3)25(21)43-27(35)19-7-6-10-34-19/h6-11,13,15-18,20-26,34,39H,12H2,1-5H3,(H2,32,37)(H2,33,38)/b14-11+/t13-,15+,16-,17-,18+,20+,21+,22?,23+,24+,25-,26-,31+/m1/s1. The van der Waals surface area contributed by atoms with Crippen LogP contribution in [0.1, 0.15) is 44.6 Å². The average Bonchev–Trinajstić information content (AvgIpc) is 3.55. The van der Waals surface area contributed by atoms with Gasteiger partial charge < -0.3 is 45.2 Å². The van der Waals surface area contributed by atoms with Gasteiger partial charge in [0.1, 0.15) is 30.1 Å². The molecule has 2 saturated carbocycles. The summed E-state index contributed by atoms with van der Waals surface area (Å²) in [7, 11) is 1.38. The van der Waals surface area contributed by atoms with Crippen LogP contribution in [0.3, 0.4) is 0 Å². The van der Waals surface area contributed by atoms with Gasteiger partial charge in [-0.15, -0.1) is 0 Å². The van der Waals surface area contributed by atoms with Crippen LogP contribution in [0.2, 0.25) is 0 Å². The number of primary amides is 2. The van der Waals surface area contributed by atoms with Crippen molar-refractivity contribution in [2.24, 2.45) is 52.9 Å². The number of cyclic esters (lactones) is 1. The molecule has 0 saturated heterocycles. The van der Waals surface area contributed by atoms with Gasteiger partial charge in [0.15, 0.2) is 6.10 Å². The second kappa shape index (κ2) is 11.9. The van der Waals surface area contributed by atoms with E-state index in [-0.39, 0.29) is 18.3 Å². The second-order valence-corrected chi connectivity index (χ2v) is 12.5. The van der Waals surface area contributed by atoms with Crippen LogP contribution in [0.25, 0.3) is 0 Å². The Bertz CT molecular complexity index is 1340. The van der Waals surface area contributed by atoms with Gasteiger partial charge in [-0.05, 0) is 43.9 Å². The van der Waals surface area contributed by atoms with Gasteiger partial charge in [0.2, 0.25) is 0 Å². The number of fused-ring (bicyclic) bond motifs is 6. The molecule has 0 aromatic carbocycles. The fourth-order valence-corrected chi connectivity index (χ4v) is 8.28. The number of allylic oxidation sites excluding steroid dienone is 1. The summed E-state index contributed by atoms with van der Waals surface area (Å²) in [6.07, 6.45) is 1.22. The minimum absolute atomic E-state index is 0.0857. The molecule has 13 atom stereocenters. The number of nitrogens with one attached hydrogen (secondary N) is 1. The Morgan fingerprint density at radius 2 is 1.82 bits per heavy atom. The van der Waals surface area contributed by atoms with Gasteiger partial charge in [-0.1, -0.05) is 32.1 Å². The molecule has 1 aromatic rings. The molecule has 240 valence electrons. The molecule has 1 unspecified atom stereocenters. The Labute approximate surface area is 255 Å². The zero-order valence-electron chi connectivity index (χ0n) is 25.4. The number of aliphatic hydroxyl groups is 1. The summed E-state index contributed by atoms with van der Waals surface area (Å²) in [4.78, 5) is 52.8. The summed E-state index contributed by atoms with van der Waals surface area (Å²) < 4.78 is 28.2. The highest BCUT2D eigenvalue weighted by Gasteiger charge is 2.72. The minimum atomic E-state index is -1.51. The van der Waals surface area contributed by atoms with E-state index < -0.39 is 89.8 Å². The van der Waals surface area contributed by atoms with Gasteiger partial charge in [-0.2, -0.15) is 0 Å². The smallest absolute Gasteiger partial charge is 0.404 e. The van der Waals surface area contributed by atoms with Gasteiger partial charge in [0.25, 0.3) is 0 Å². The Morgan fingerprint density at radius 3 is 2.43 bits per heavy atom. The molecule has 6 N–H and O–H groups in total. The molecule has 3 aliphatic carbocycles. The van der Waals surface area contributed by atoms with Gasteiger partial charge in [0, 0.05) is 48.8 Å². The first-order chi connectivity index (χ1) is 20.8. The van der Waals surface area contributed by atoms with Gasteiger partial charge >= 0.3 is 24.1 Å². The molecule has 0 bridgehead atoms. The molecule has 13 heteroatoms. The fraction of sp³-hybridized carbons (Fsp3) is 0.613. The first-order valence-electron chi connectivity index (χ1n) is 14.9. The van der Waals surface area contributed by atoms with Crippen molar-refractivity contribution >= 4 is 24.1 Å². The number of amides is 2. The second-order valence-electron chi connectivity index (χ2n) is 12.5. The third-order valence-corrected chi connectivity index (χ3v) is 10.2. The number of hydrogen-bond donors (Lipinski definition) is 4. The van der Waals surface area contributed by atoms with Crippen molar-refractivity contribution in [3.8, 4) is 0 Å². The normalized spacial score (nSPS) is 41.3. The molecule has 2 heterocycles. The lowest BCUT2D eigenvalue weighted by molar-refractivity contribution is -0.186. The van der Waals surface area contributed by atoms with E-state index in [2.05, 4.69) is 4.98 Å². The maximum absolute atomic E-state index is 13.3. The molecule has 0 spiro atoms. The van der Waals surface area contributed by atoms with Crippen LogP contribution in [0, 0.1) is 41.4 Å². The summed E-state index contributed by atoms with van der Waals surface area (Å²) in [5, 5.41) is 12.8. The number of aromatic nitrogens is 1. The van der Waals surface area contributed by atoms with E-state index in [4.69, 9.17) is 35.2 Å². The van der Waals surface area contributed by atoms with Crippen molar-refractivity contribution in [1.82, 2.24) is 4.98 Å². The molecule has 1 aromatic heterocycles. The van der Waals surface area contributed by atoms with Gasteiger partial charge in [0.05, 0.1) is 5.60 Å². The van der Waals surface area contributed by atoms with Crippen molar-refractivity contribution in [2.75, 3.05) is 7.11 Å². The number of hydrogen-bond acceptors (Lipinski definition) is 10. The van der Waals surface area contributed by atoms with Crippen LogP contribution in [-0.2, 0) is 28.5 Å². The molecule has 13 nitrogen and oxygen atoms in total. The van der Waals surface area contributed by atoms with E-state index in [1.165, 1.54) is 7.11 Å². The van der Waals surface area contributed by atoms with E-state index >= 15 is 0 Å². The molecule has 0 radical (unpaired) electrons. The summed E-state index contributed by atoms with van der Waals surface area (Å²) >= 11 is 0. The van der Waals surface area contributed by atoms with Gasteiger partial charge in [-0.3, -0.25) is 0 Å². The van der Waals surface area contributed by atoms with E-state index in [0.29, 0.717) is 11.3 Å². The Kier molecular flexibility index (Phi) is 8.56. The summed E-state index contributed by atoms with van der Waals surface area (Å²) in [5.74, 6) is -4.10. The molecule has 1 aliphatic heterocycles. The third-order valence-electron chi connectivity index (χ3n) is 10.2. The molecule has 4 aliphatic rings. The number of esters is 2. The van der Waals surface area contributed by atoms with E-state index in [0.717, 1.165) is 0 Å². The first-order valence-corrected chi connectivity index (χ1v) is 14.9. The topological polar surface area (TPSA) is 202 Å². The third kappa shape index (κ3) is 5.25. The van der Waals surface area contributed by atoms with Crippen molar-refractivity contribution in [3.05, 3.63) is 47.8 Å². The van der Waals surface area contributed by atoms with Crippen LogP contribution in [-0.4, -0.2) is 77.4 Å². The van der Waals surface area contributed by atoms with E-state index in [1.54, 1.807) is 39.1 Å². The number of methoxy groups -OCH3 is 1. The highest BCUT2D eigenvalue weighted by Crippen LogP contribution is 2.66. The SMILES string of the molecule is CO[C@H]1C[C@H]2C=C[C@H]3[C@H]4C([C@H]3[C@]2(O)/C(C)=C/[C@@H](C)[C@@H]([C@@H](C)OC(N)=O)OC1=O)[C@H](OC(N)=O)[C@@H](C)[C@H]4OC(=O)c1ccc[nH]1. The predicted octanol–water partition coefficient (Wildman–Crippen LogP) is 2.45. The fourth-order valence-electron chi connectivity index (χ4n) is 8.28. The van der Waals surface area contributed by atoms with E-state index in [1.807, 2.05) is 25.2 Å². The van der Waals surface area contributed by atoms with Crippen LogP contribution in [0.5, 0.6) is 0 Å². The number of H-pyrrole nitrogens is 1. The molecule has 2 amide bonds.